The van der Waals surface area contributed by atoms with Gasteiger partial charge in [0.2, 0.25) is 0 Å². The van der Waals surface area contributed by atoms with Crippen LogP contribution in [0.1, 0.15) is 46.4 Å². The summed E-state index contributed by atoms with van der Waals surface area (Å²) in [5, 5.41) is 9.65. The van der Waals surface area contributed by atoms with Gasteiger partial charge in [0.15, 0.2) is 9.84 Å². The van der Waals surface area contributed by atoms with Crippen LogP contribution in [0.4, 0.5) is 0 Å². The Balaban J connectivity index is 3.53. The van der Waals surface area contributed by atoms with E-state index in [4.69, 9.17) is 0 Å². The first-order chi connectivity index (χ1) is 8.50. The Morgan fingerprint density at radius 1 is 0.842 bits per heavy atom. The van der Waals surface area contributed by atoms with E-state index >= 15 is 0 Å². The van der Waals surface area contributed by atoms with Gasteiger partial charge in [0.05, 0.1) is 11.4 Å². The predicted octanol–water partition coefficient (Wildman–Crippen LogP) is 2.70. The summed E-state index contributed by atoms with van der Waals surface area (Å²) in [5.74, 6) is 0. The third kappa shape index (κ3) is 2.84. The van der Waals surface area contributed by atoms with Crippen molar-refractivity contribution in [3.05, 3.63) is 33.4 Å². The number of hydrogen-bond acceptors (Lipinski definition) is 3. The number of sulfone groups is 1. The Bertz CT molecular complexity index is 571. The molecule has 1 rings (SSSR count). The van der Waals surface area contributed by atoms with Crippen molar-refractivity contribution in [2.75, 3.05) is 6.26 Å². The lowest BCUT2D eigenvalue weighted by Gasteiger charge is -2.25. The molecule has 1 aromatic carbocycles. The fourth-order valence-corrected chi connectivity index (χ4v) is 3.05. The zero-order valence-corrected chi connectivity index (χ0v) is 13.6. The van der Waals surface area contributed by atoms with Crippen LogP contribution in [0, 0.1) is 34.6 Å². The maximum atomic E-state index is 11.6. The quantitative estimate of drug-likeness (QED) is 0.928. The smallest absolute Gasteiger partial charge is 0.152 e. The Kier molecular flexibility index (Phi) is 4.47. The van der Waals surface area contributed by atoms with Gasteiger partial charge in [0, 0.05) is 6.26 Å². The molecular weight excluding hydrogens is 260 g/mol. The van der Waals surface area contributed by atoms with E-state index in [0.717, 1.165) is 27.8 Å². The Morgan fingerprint density at radius 2 is 1.16 bits per heavy atom. The van der Waals surface area contributed by atoms with Crippen LogP contribution in [0.25, 0.3) is 0 Å². The molecule has 0 aliphatic rings. The normalized spacial score (nSPS) is 15.4. The van der Waals surface area contributed by atoms with Crippen LogP contribution in [0.5, 0.6) is 0 Å². The number of hydrogen-bond donors (Lipinski definition) is 1. The second-order valence-electron chi connectivity index (χ2n) is 5.52. The third-order valence-corrected chi connectivity index (χ3v) is 6.08. The minimum absolute atomic E-state index is 0.763. The fraction of sp³-hybridized carbons (Fsp3) is 0.600. The predicted molar refractivity (Wildman–Crippen MR) is 79.4 cm³/mol. The van der Waals surface area contributed by atoms with Crippen molar-refractivity contribution in [2.24, 2.45) is 0 Å². The van der Waals surface area contributed by atoms with Crippen LogP contribution < -0.4 is 0 Å². The summed E-state index contributed by atoms with van der Waals surface area (Å²) < 4.78 is 23.3. The van der Waals surface area contributed by atoms with Gasteiger partial charge in [0.25, 0.3) is 0 Å². The lowest BCUT2D eigenvalue weighted by Crippen LogP contribution is -2.26. The highest BCUT2D eigenvalue weighted by Crippen LogP contribution is 2.33. The SMILES string of the molecule is Cc1c(C)c(C)c(C(O)C(C)S(C)(=O)=O)c(C)c1C. The van der Waals surface area contributed by atoms with Crippen LogP contribution >= 0.6 is 0 Å². The van der Waals surface area contributed by atoms with Crippen molar-refractivity contribution in [1.29, 1.82) is 0 Å². The highest BCUT2D eigenvalue weighted by molar-refractivity contribution is 7.91. The van der Waals surface area contributed by atoms with Crippen molar-refractivity contribution in [3.63, 3.8) is 0 Å². The average Bonchev–Trinajstić information content (AvgIpc) is 2.31. The molecule has 0 radical (unpaired) electrons. The molecular formula is C15H24O3S. The van der Waals surface area contributed by atoms with E-state index in [1.54, 1.807) is 6.92 Å². The maximum Gasteiger partial charge on any atom is 0.152 e. The average molecular weight is 284 g/mol. The minimum atomic E-state index is -3.27. The molecule has 1 N–H and O–H groups in total. The van der Waals surface area contributed by atoms with Gasteiger partial charge in [-0.15, -0.1) is 0 Å². The standard InChI is InChI=1S/C15H24O3S/c1-8-9(2)11(4)14(12(5)10(8)3)15(16)13(6)19(7,17)18/h13,15-16H,1-7H3. The van der Waals surface area contributed by atoms with E-state index in [1.807, 2.05) is 27.7 Å². The van der Waals surface area contributed by atoms with Crippen molar-refractivity contribution >= 4 is 9.84 Å². The summed E-state index contributed by atoms with van der Waals surface area (Å²) >= 11 is 0. The molecule has 0 fully saturated rings. The van der Waals surface area contributed by atoms with E-state index in [1.165, 1.54) is 11.8 Å². The second-order valence-corrected chi connectivity index (χ2v) is 7.92. The van der Waals surface area contributed by atoms with Crippen molar-refractivity contribution in [2.45, 2.75) is 52.9 Å². The third-order valence-electron chi connectivity index (χ3n) is 4.47. The molecule has 0 heterocycles. The van der Waals surface area contributed by atoms with Gasteiger partial charge in [-0.1, -0.05) is 0 Å². The van der Waals surface area contributed by atoms with Crippen molar-refractivity contribution in [1.82, 2.24) is 0 Å². The molecule has 1 aromatic rings. The molecule has 2 atom stereocenters. The Morgan fingerprint density at radius 3 is 1.47 bits per heavy atom. The van der Waals surface area contributed by atoms with E-state index < -0.39 is 21.2 Å². The first kappa shape index (κ1) is 16.2. The molecule has 0 bridgehead atoms. The zero-order valence-electron chi connectivity index (χ0n) is 12.8. The molecule has 3 nitrogen and oxygen atoms in total. The summed E-state index contributed by atoms with van der Waals surface area (Å²) in [4.78, 5) is 0. The molecule has 108 valence electrons. The lowest BCUT2D eigenvalue weighted by atomic mass is 9.86. The fourth-order valence-electron chi connectivity index (χ4n) is 2.44. The molecule has 0 spiro atoms. The molecule has 0 amide bonds. The monoisotopic (exact) mass is 284 g/mol. The topological polar surface area (TPSA) is 54.4 Å². The maximum absolute atomic E-state index is 11.6. The van der Waals surface area contributed by atoms with Crippen LogP contribution in [0.3, 0.4) is 0 Å². The molecule has 2 unspecified atom stereocenters. The number of aliphatic hydroxyl groups excluding tert-OH is 1. The van der Waals surface area contributed by atoms with Gasteiger partial charge in [0.1, 0.15) is 0 Å². The first-order valence-electron chi connectivity index (χ1n) is 6.43. The molecule has 19 heavy (non-hydrogen) atoms. The van der Waals surface area contributed by atoms with Crippen LogP contribution in [-0.4, -0.2) is 25.0 Å². The minimum Gasteiger partial charge on any atom is -0.387 e. The molecule has 0 aliphatic heterocycles. The number of benzene rings is 1. The van der Waals surface area contributed by atoms with Gasteiger partial charge in [-0.05, 0) is 74.9 Å². The van der Waals surface area contributed by atoms with Crippen molar-refractivity contribution in [3.8, 4) is 0 Å². The van der Waals surface area contributed by atoms with Gasteiger partial charge in [-0.3, -0.25) is 0 Å². The van der Waals surface area contributed by atoms with E-state index in [-0.39, 0.29) is 0 Å². The molecule has 0 saturated heterocycles. The van der Waals surface area contributed by atoms with Gasteiger partial charge < -0.3 is 5.11 Å². The van der Waals surface area contributed by atoms with E-state index in [2.05, 4.69) is 6.92 Å². The van der Waals surface area contributed by atoms with E-state index in [9.17, 15) is 13.5 Å². The Labute approximate surface area is 116 Å². The molecule has 0 aromatic heterocycles. The molecule has 4 heteroatoms. The van der Waals surface area contributed by atoms with Gasteiger partial charge in [-0.25, -0.2) is 8.42 Å². The highest BCUT2D eigenvalue weighted by Gasteiger charge is 2.29. The number of rotatable bonds is 3. The summed E-state index contributed by atoms with van der Waals surface area (Å²) in [6.45, 7) is 11.5. The second kappa shape index (κ2) is 5.25. The van der Waals surface area contributed by atoms with Crippen LogP contribution in [0.2, 0.25) is 0 Å². The highest BCUT2D eigenvalue weighted by atomic mass is 32.2. The van der Waals surface area contributed by atoms with Crippen molar-refractivity contribution < 1.29 is 13.5 Å². The summed E-state index contributed by atoms with van der Waals surface area (Å²) in [6.07, 6.45) is 0.187. The van der Waals surface area contributed by atoms with Crippen LogP contribution in [-0.2, 0) is 9.84 Å². The van der Waals surface area contributed by atoms with Gasteiger partial charge in [-0.2, -0.15) is 0 Å². The summed E-state index contributed by atoms with van der Waals surface area (Å²) in [5.41, 5.74) is 6.19. The zero-order chi connectivity index (χ0) is 15.1. The van der Waals surface area contributed by atoms with Gasteiger partial charge >= 0.3 is 0 Å². The summed E-state index contributed by atoms with van der Waals surface area (Å²) in [6, 6.07) is 0. The number of aliphatic hydroxyl groups is 1. The largest absolute Gasteiger partial charge is 0.387 e. The molecule has 0 saturated carbocycles. The first-order valence-corrected chi connectivity index (χ1v) is 8.39. The Hall–Kier alpha value is -0.870. The molecule has 0 aliphatic carbocycles. The lowest BCUT2D eigenvalue weighted by molar-refractivity contribution is 0.174. The van der Waals surface area contributed by atoms with Crippen LogP contribution in [0.15, 0.2) is 0 Å². The summed E-state index contributed by atoms with van der Waals surface area (Å²) in [7, 11) is -3.27. The van der Waals surface area contributed by atoms with E-state index in [0.29, 0.717) is 0 Å².